The van der Waals surface area contributed by atoms with Crippen molar-refractivity contribution < 1.29 is 8.42 Å². The standard InChI is InChI=1S/C14H14Cl2N2O2S/c1-9(10-5-7-11(17)8-6-10)18-21(19,20)13-4-2-3-12(15)14(13)16/h2-9,18H,17H2,1H3. The van der Waals surface area contributed by atoms with E-state index in [0.717, 1.165) is 5.56 Å². The molecule has 0 aromatic heterocycles. The molecule has 1 unspecified atom stereocenters. The number of sulfonamides is 1. The SMILES string of the molecule is CC(NS(=O)(=O)c1cccc(Cl)c1Cl)c1ccc(N)cc1. The summed E-state index contributed by atoms with van der Waals surface area (Å²) in [6.07, 6.45) is 0. The van der Waals surface area contributed by atoms with Crippen molar-refractivity contribution in [1.29, 1.82) is 0 Å². The topological polar surface area (TPSA) is 72.2 Å². The van der Waals surface area contributed by atoms with Crippen molar-refractivity contribution >= 4 is 38.9 Å². The highest BCUT2D eigenvalue weighted by Gasteiger charge is 2.22. The van der Waals surface area contributed by atoms with Crippen molar-refractivity contribution in [3.63, 3.8) is 0 Å². The van der Waals surface area contributed by atoms with Crippen LogP contribution in [0.15, 0.2) is 47.4 Å². The lowest BCUT2D eigenvalue weighted by Gasteiger charge is -2.16. The number of anilines is 1. The van der Waals surface area contributed by atoms with Crippen LogP contribution in [0.2, 0.25) is 10.0 Å². The van der Waals surface area contributed by atoms with E-state index in [2.05, 4.69) is 4.72 Å². The predicted molar refractivity (Wildman–Crippen MR) is 86.1 cm³/mol. The molecule has 0 spiro atoms. The fourth-order valence-electron chi connectivity index (χ4n) is 1.84. The number of hydrogen-bond acceptors (Lipinski definition) is 3. The third kappa shape index (κ3) is 3.68. The molecular weight excluding hydrogens is 331 g/mol. The van der Waals surface area contributed by atoms with Gasteiger partial charge >= 0.3 is 0 Å². The van der Waals surface area contributed by atoms with Gasteiger partial charge in [-0.25, -0.2) is 13.1 Å². The van der Waals surface area contributed by atoms with E-state index in [1.807, 2.05) is 0 Å². The van der Waals surface area contributed by atoms with Crippen LogP contribution < -0.4 is 10.5 Å². The summed E-state index contributed by atoms with van der Waals surface area (Å²) in [5.74, 6) is 0. The van der Waals surface area contributed by atoms with Crippen LogP contribution in [0.1, 0.15) is 18.5 Å². The highest BCUT2D eigenvalue weighted by Crippen LogP contribution is 2.29. The molecule has 2 rings (SSSR count). The molecule has 2 aromatic rings. The van der Waals surface area contributed by atoms with Crippen LogP contribution in [0.25, 0.3) is 0 Å². The summed E-state index contributed by atoms with van der Waals surface area (Å²) in [5, 5.41) is 0.204. The Balaban J connectivity index is 2.29. The number of nitrogen functional groups attached to an aromatic ring is 1. The van der Waals surface area contributed by atoms with Crippen LogP contribution in [0, 0.1) is 0 Å². The minimum atomic E-state index is -3.77. The molecule has 4 nitrogen and oxygen atoms in total. The highest BCUT2D eigenvalue weighted by atomic mass is 35.5. The second kappa shape index (κ2) is 6.23. The van der Waals surface area contributed by atoms with Crippen LogP contribution >= 0.6 is 23.2 Å². The monoisotopic (exact) mass is 344 g/mol. The van der Waals surface area contributed by atoms with Gasteiger partial charge in [-0.3, -0.25) is 0 Å². The lowest BCUT2D eigenvalue weighted by molar-refractivity contribution is 0.567. The first kappa shape index (κ1) is 16.1. The van der Waals surface area contributed by atoms with Gasteiger partial charge in [0.25, 0.3) is 0 Å². The first-order chi connectivity index (χ1) is 9.81. The van der Waals surface area contributed by atoms with Gasteiger partial charge < -0.3 is 5.73 Å². The maximum absolute atomic E-state index is 12.4. The van der Waals surface area contributed by atoms with Crippen LogP contribution in [-0.4, -0.2) is 8.42 Å². The Kier molecular flexibility index (Phi) is 4.78. The van der Waals surface area contributed by atoms with Gasteiger partial charge in [0.05, 0.1) is 10.0 Å². The van der Waals surface area contributed by atoms with Crippen LogP contribution in [0.3, 0.4) is 0 Å². The highest BCUT2D eigenvalue weighted by molar-refractivity contribution is 7.89. The van der Waals surface area contributed by atoms with Gasteiger partial charge in [0.1, 0.15) is 4.90 Å². The molecule has 7 heteroatoms. The number of halogens is 2. The number of rotatable bonds is 4. The van der Waals surface area contributed by atoms with E-state index >= 15 is 0 Å². The Hall–Kier alpha value is -1.27. The van der Waals surface area contributed by atoms with Gasteiger partial charge in [0.15, 0.2) is 0 Å². The van der Waals surface area contributed by atoms with Crippen molar-refractivity contribution in [2.45, 2.75) is 17.9 Å². The minimum absolute atomic E-state index is 0.0103. The molecule has 2 aromatic carbocycles. The van der Waals surface area contributed by atoms with Gasteiger partial charge in [-0.15, -0.1) is 0 Å². The molecule has 0 aliphatic heterocycles. The van der Waals surface area contributed by atoms with Gasteiger partial charge in [-0.1, -0.05) is 41.4 Å². The molecule has 0 saturated carbocycles. The lowest BCUT2D eigenvalue weighted by atomic mass is 10.1. The second-order valence-corrected chi connectivity index (χ2v) is 7.03. The van der Waals surface area contributed by atoms with E-state index in [1.165, 1.54) is 18.2 Å². The van der Waals surface area contributed by atoms with E-state index in [0.29, 0.717) is 5.69 Å². The predicted octanol–water partition coefficient (Wildman–Crippen LogP) is 3.62. The van der Waals surface area contributed by atoms with Crippen molar-refractivity contribution in [2.24, 2.45) is 0 Å². The average Bonchev–Trinajstić information content (AvgIpc) is 2.41. The fourth-order valence-corrected chi connectivity index (χ4v) is 3.83. The minimum Gasteiger partial charge on any atom is -0.399 e. The van der Waals surface area contributed by atoms with E-state index in [-0.39, 0.29) is 14.9 Å². The van der Waals surface area contributed by atoms with E-state index in [1.54, 1.807) is 31.2 Å². The van der Waals surface area contributed by atoms with E-state index in [9.17, 15) is 8.42 Å². The van der Waals surface area contributed by atoms with Crippen molar-refractivity contribution in [3.05, 3.63) is 58.1 Å². The molecule has 112 valence electrons. The Morgan fingerprint density at radius 2 is 1.71 bits per heavy atom. The van der Waals surface area contributed by atoms with E-state index < -0.39 is 16.1 Å². The summed E-state index contributed by atoms with van der Waals surface area (Å²) >= 11 is 11.8. The van der Waals surface area contributed by atoms with Crippen molar-refractivity contribution in [2.75, 3.05) is 5.73 Å². The molecule has 0 amide bonds. The van der Waals surface area contributed by atoms with Gasteiger partial charge in [-0.05, 0) is 36.8 Å². The molecule has 0 radical (unpaired) electrons. The normalized spacial score (nSPS) is 13.1. The summed E-state index contributed by atoms with van der Waals surface area (Å²) < 4.78 is 27.3. The van der Waals surface area contributed by atoms with Crippen LogP contribution in [0.5, 0.6) is 0 Å². The summed E-state index contributed by atoms with van der Waals surface area (Å²) in [7, 11) is -3.77. The van der Waals surface area contributed by atoms with Gasteiger partial charge in [-0.2, -0.15) is 0 Å². The molecule has 3 N–H and O–H groups in total. The van der Waals surface area contributed by atoms with Crippen LogP contribution in [-0.2, 0) is 10.0 Å². The first-order valence-electron chi connectivity index (χ1n) is 6.13. The van der Waals surface area contributed by atoms with Crippen LogP contribution in [0.4, 0.5) is 5.69 Å². The van der Waals surface area contributed by atoms with E-state index in [4.69, 9.17) is 28.9 Å². The second-order valence-electron chi connectivity index (χ2n) is 4.56. The molecule has 0 aliphatic rings. The molecular formula is C14H14Cl2N2O2S. The molecule has 0 aliphatic carbocycles. The first-order valence-corrected chi connectivity index (χ1v) is 8.37. The molecule has 0 saturated heterocycles. The summed E-state index contributed by atoms with van der Waals surface area (Å²) in [5.41, 5.74) is 7.03. The fraction of sp³-hybridized carbons (Fsp3) is 0.143. The zero-order chi connectivity index (χ0) is 15.6. The number of hydrogen-bond donors (Lipinski definition) is 2. The lowest BCUT2D eigenvalue weighted by Crippen LogP contribution is -2.27. The Labute approximate surface area is 133 Å². The summed E-state index contributed by atoms with van der Waals surface area (Å²) in [4.78, 5) is -0.0426. The smallest absolute Gasteiger partial charge is 0.242 e. The molecule has 0 fully saturated rings. The van der Waals surface area contributed by atoms with Crippen molar-refractivity contribution in [1.82, 2.24) is 4.72 Å². The molecule has 0 bridgehead atoms. The Morgan fingerprint density at radius 1 is 1.10 bits per heavy atom. The summed E-state index contributed by atoms with van der Waals surface area (Å²) in [6, 6.07) is 11.0. The van der Waals surface area contributed by atoms with Crippen molar-refractivity contribution in [3.8, 4) is 0 Å². The maximum atomic E-state index is 12.4. The summed E-state index contributed by atoms with van der Waals surface area (Å²) in [6.45, 7) is 1.74. The molecule has 0 heterocycles. The number of nitrogens with two attached hydrogens (primary N) is 1. The van der Waals surface area contributed by atoms with Gasteiger partial charge in [0, 0.05) is 11.7 Å². The molecule has 1 atom stereocenters. The zero-order valence-corrected chi connectivity index (χ0v) is 13.5. The third-order valence-electron chi connectivity index (χ3n) is 2.97. The zero-order valence-electron chi connectivity index (χ0n) is 11.2. The third-order valence-corrected chi connectivity index (χ3v) is 5.49. The molecule has 21 heavy (non-hydrogen) atoms. The van der Waals surface area contributed by atoms with Gasteiger partial charge in [0.2, 0.25) is 10.0 Å². The maximum Gasteiger partial charge on any atom is 0.242 e. The number of nitrogens with one attached hydrogen (secondary N) is 1. The average molecular weight is 345 g/mol. The number of benzene rings is 2. The quantitative estimate of drug-likeness (QED) is 0.832. The Morgan fingerprint density at radius 3 is 2.33 bits per heavy atom. The largest absolute Gasteiger partial charge is 0.399 e. The Bertz CT molecular complexity index is 746.